The van der Waals surface area contributed by atoms with Gasteiger partial charge in [0.05, 0.1) is 23.7 Å². The second-order valence-corrected chi connectivity index (χ2v) is 7.15. The van der Waals surface area contributed by atoms with Gasteiger partial charge in [0, 0.05) is 12.7 Å². The number of fused-ring (bicyclic) bond motifs is 1. The molecule has 0 saturated carbocycles. The summed E-state index contributed by atoms with van der Waals surface area (Å²) in [5.74, 6) is 0.218. The third-order valence-electron chi connectivity index (χ3n) is 5.08. The molecule has 0 atom stereocenters. The number of carbonyl (C=O) groups is 1. The summed E-state index contributed by atoms with van der Waals surface area (Å²) < 4.78 is 7.74. The van der Waals surface area contributed by atoms with Gasteiger partial charge in [-0.05, 0) is 48.9 Å². The van der Waals surface area contributed by atoms with Crippen LogP contribution >= 0.6 is 0 Å². The van der Waals surface area contributed by atoms with Crippen molar-refractivity contribution in [3.05, 3.63) is 99.1 Å². The molecule has 4 aromatic rings. The first kappa shape index (κ1) is 19.4. The first-order valence-corrected chi connectivity index (χ1v) is 9.53. The van der Waals surface area contributed by atoms with E-state index < -0.39 is 11.2 Å². The second kappa shape index (κ2) is 7.87. The third-order valence-corrected chi connectivity index (χ3v) is 5.08. The third kappa shape index (κ3) is 3.57. The summed E-state index contributed by atoms with van der Waals surface area (Å²) in [5, 5.41) is 0.370. The van der Waals surface area contributed by atoms with Gasteiger partial charge in [-0.3, -0.25) is 18.7 Å². The predicted molar refractivity (Wildman–Crippen MR) is 115 cm³/mol. The minimum atomic E-state index is -0.555. The average Bonchev–Trinajstić information content (AvgIpc) is 3.27. The Hall–Kier alpha value is -3.87. The van der Waals surface area contributed by atoms with E-state index >= 15 is 0 Å². The van der Waals surface area contributed by atoms with Crippen molar-refractivity contribution in [2.24, 2.45) is 0 Å². The molecule has 7 heteroatoms. The van der Waals surface area contributed by atoms with E-state index in [1.807, 2.05) is 31.2 Å². The second-order valence-electron chi connectivity index (χ2n) is 7.15. The highest BCUT2D eigenvalue weighted by Crippen LogP contribution is 2.15. The van der Waals surface area contributed by atoms with Crippen molar-refractivity contribution in [1.29, 1.82) is 0 Å². The van der Waals surface area contributed by atoms with Gasteiger partial charge in [0.1, 0.15) is 12.3 Å². The standard InChI is InChI=1S/C23H21N3O4/c1-16-7-5-8-17(13-16)24(2)21(27)15-25-20-11-4-3-10-19(20)22(28)26(23(25)29)14-18-9-6-12-30-18/h3-13H,14-15H2,1-2H3. The van der Waals surface area contributed by atoms with Crippen LogP contribution in [-0.2, 0) is 17.9 Å². The van der Waals surface area contributed by atoms with E-state index in [9.17, 15) is 14.4 Å². The maximum Gasteiger partial charge on any atom is 0.332 e. The highest BCUT2D eigenvalue weighted by atomic mass is 16.3. The van der Waals surface area contributed by atoms with Gasteiger partial charge in [-0.25, -0.2) is 4.79 Å². The van der Waals surface area contributed by atoms with Crippen LogP contribution in [0.1, 0.15) is 11.3 Å². The summed E-state index contributed by atoms with van der Waals surface area (Å²) in [7, 11) is 1.67. The first-order valence-electron chi connectivity index (χ1n) is 9.53. The summed E-state index contributed by atoms with van der Waals surface area (Å²) in [4.78, 5) is 40.6. The molecule has 0 aliphatic rings. The number of rotatable bonds is 5. The quantitative estimate of drug-likeness (QED) is 0.513. The lowest BCUT2D eigenvalue weighted by Crippen LogP contribution is -2.43. The molecule has 0 radical (unpaired) electrons. The molecule has 7 nitrogen and oxygen atoms in total. The molecule has 2 aromatic heterocycles. The lowest BCUT2D eigenvalue weighted by molar-refractivity contribution is -0.118. The Morgan fingerprint density at radius 3 is 2.53 bits per heavy atom. The molecule has 30 heavy (non-hydrogen) atoms. The highest BCUT2D eigenvalue weighted by Gasteiger charge is 2.18. The molecule has 0 bridgehead atoms. The molecule has 0 unspecified atom stereocenters. The van der Waals surface area contributed by atoms with E-state index in [0.717, 1.165) is 15.8 Å². The zero-order valence-corrected chi connectivity index (χ0v) is 16.7. The van der Waals surface area contributed by atoms with E-state index in [4.69, 9.17) is 4.42 Å². The van der Waals surface area contributed by atoms with Crippen LogP contribution in [0.2, 0.25) is 0 Å². The Bertz CT molecular complexity index is 1330. The molecular weight excluding hydrogens is 382 g/mol. The number of aryl methyl sites for hydroxylation is 1. The van der Waals surface area contributed by atoms with Gasteiger partial charge in [0.2, 0.25) is 5.91 Å². The molecule has 0 N–H and O–H groups in total. The topological polar surface area (TPSA) is 77.5 Å². The molecule has 1 amide bonds. The summed E-state index contributed by atoms with van der Waals surface area (Å²) in [6.07, 6.45) is 1.49. The molecule has 4 rings (SSSR count). The molecule has 0 aliphatic heterocycles. The fourth-order valence-corrected chi connectivity index (χ4v) is 3.44. The first-order chi connectivity index (χ1) is 14.5. The number of hydrogen-bond donors (Lipinski definition) is 0. The largest absolute Gasteiger partial charge is 0.467 e. The van der Waals surface area contributed by atoms with Crippen LogP contribution < -0.4 is 16.1 Å². The number of furan rings is 1. The van der Waals surface area contributed by atoms with Crippen LogP contribution in [0.3, 0.4) is 0 Å². The van der Waals surface area contributed by atoms with Gasteiger partial charge in [-0.1, -0.05) is 24.3 Å². The maximum atomic E-state index is 13.2. The molecule has 0 fully saturated rings. The molecule has 0 aliphatic carbocycles. The number of nitrogens with zero attached hydrogens (tertiary/aromatic N) is 3. The maximum absolute atomic E-state index is 13.2. The van der Waals surface area contributed by atoms with Gasteiger partial charge in [-0.15, -0.1) is 0 Å². The van der Waals surface area contributed by atoms with Crippen LogP contribution in [0, 0.1) is 6.92 Å². The Balaban J connectivity index is 1.79. The number of hydrogen-bond acceptors (Lipinski definition) is 4. The lowest BCUT2D eigenvalue weighted by Gasteiger charge is -2.20. The van der Waals surface area contributed by atoms with E-state index in [2.05, 4.69) is 0 Å². The van der Waals surface area contributed by atoms with Gasteiger partial charge < -0.3 is 9.32 Å². The average molecular weight is 403 g/mol. The Kier molecular flexibility index (Phi) is 5.10. The van der Waals surface area contributed by atoms with Crippen molar-refractivity contribution in [3.63, 3.8) is 0 Å². The van der Waals surface area contributed by atoms with Crippen molar-refractivity contribution in [3.8, 4) is 0 Å². The monoisotopic (exact) mass is 403 g/mol. The van der Waals surface area contributed by atoms with Gasteiger partial charge >= 0.3 is 5.69 Å². The van der Waals surface area contributed by atoms with E-state index in [0.29, 0.717) is 16.7 Å². The fraction of sp³-hybridized carbons (Fsp3) is 0.174. The van der Waals surface area contributed by atoms with Crippen LogP contribution in [0.25, 0.3) is 10.9 Å². The highest BCUT2D eigenvalue weighted by molar-refractivity contribution is 5.93. The molecule has 152 valence electrons. The molecule has 2 aromatic carbocycles. The smallest absolute Gasteiger partial charge is 0.332 e. The van der Waals surface area contributed by atoms with Crippen LogP contribution in [-0.4, -0.2) is 22.1 Å². The zero-order chi connectivity index (χ0) is 21.3. The van der Waals surface area contributed by atoms with Crippen molar-refractivity contribution < 1.29 is 9.21 Å². The van der Waals surface area contributed by atoms with E-state index in [-0.39, 0.29) is 19.0 Å². The molecule has 0 saturated heterocycles. The van der Waals surface area contributed by atoms with E-state index in [1.54, 1.807) is 43.4 Å². The minimum Gasteiger partial charge on any atom is -0.467 e. The van der Waals surface area contributed by atoms with Gasteiger partial charge in [-0.2, -0.15) is 0 Å². The lowest BCUT2D eigenvalue weighted by atomic mass is 10.2. The number of amides is 1. The van der Waals surface area contributed by atoms with Crippen LogP contribution in [0.15, 0.2) is 80.9 Å². The van der Waals surface area contributed by atoms with Crippen molar-refractivity contribution in [2.75, 3.05) is 11.9 Å². The SMILES string of the molecule is Cc1cccc(N(C)C(=O)Cn2c(=O)n(Cc3ccco3)c(=O)c3ccccc32)c1. The van der Waals surface area contributed by atoms with Gasteiger partial charge in [0.25, 0.3) is 5.56 Å². The molecule has 2 heterocycles. The summed E-state index contributed by atoms with van der Waals surface area (Å²) >= 11 is 0. The number of likely N-dealkylation sites (N-methyl/N-ethyl adjacent to an activating group) is 1. The number of para-hydroxylation sites is 1. The Morgan fingerprint density at radius 2 is 1.80 bits per heavy atom. The Morgan fingerprint density at radius 1 is 1.00 bits per heavy atom. The van der Waals surface area contributed by atoms with E-state index in [1.165, 1.54) is 15.7 Å². The van der Waals surface area contributed by atoms with Crippen LogP contribution in [0.5, 0.6) is 0 Å². The zero-order valence-electron chi connectivity index (χ0n) is 16.7. The number of aromatic nitrogens is 2. The summed E-state index contributed by atoms with van der Waals surface area (Å²) in [6.45, 7) is 1.75. The number of anilines is 1. The Labute approximate surface area is 172 Å². The molecular formula is C23H21N3O4. The summed E-state index contributed by atoms with van der Waals surface area (Å²) in [5.41, 5.74) is 1.22. The normalized spacial score (nSPS) is 11.0. The predicted octanol–water partition coefficient (Wildman–Crippen LogP) is 2.78. The molecule has 0 spiro atoms. The van der Waals surface area contributed by atoms with Crippen molar-refractivity contribution in [2.45, 2.75) is 20.0 Å². The minimum absolute atomic E-state index is 0.00257. The van der Waals surface area contributed by atoms with Crippen molar-refractivity contribution in [1.82, 2.24) is 9.13 Å². The summed E-state index contributed by atoms with van der Waals surface area (Å²) in [6, 6.07) is 17.8. The van der Waals surface area contributed by atoms with Gasteiger partial charge in [0.15, 0.2) is 0 Å². The van der Waals surface area contributed by atoms with Crippen molar-refractivity contribution >= 4 is 22.5 Å². The number of benzene rings is 2. The van der Waals surface area contributed by atoms with Crippen LogP contribution in [0.4, 0.5) is 5.69 Å². The fourth-order valence-electron chi connectivity index (χ4n) is 3.44. The number of carbonyl (C=O) groups excluding carboxylic acids is 1.